The molecule has 0 N–H and O–H groups in total. The Labute approximate surface area is 313 Å². The highest BCUT2D eigenvalue weighted by atomic mass is 35.5. The van der Waals surface area contributed by atoms with E-state index in [4.69, 9.17) is 60.7 Å². The average molecular weight is 756 g/mol. The van der Waals surface area contributed by atoms with Crippen molar-refractivity contribution in [2.45, 2.75) is 43.8 Å². The third kappa shape index (κ3) is 8.76. The summed E-state index contributed by atoms with van der Waals surface area (Å²) in [6.45, 7) is 3.99. The molecule has 4 aromatic rings. The number of hydrogen-bond donors (Lipinski definition) is 0. The standard InChI is InChI=1S/C39H39Cl4N3O4/c1-48-44-36(25-49-23-28-19-30(40)22-31(41)20-28)32(29-11-12-34(42)35(43)21-29)13-16-45-17-14-39(15-18-45)26-46(37-10-6-5-9-33(37)39)38(47)50-24-27-7-3-2-4-8-27/h2-12,19-22,32H,13-18,23-26H2,1H3. The van der Waals surface area contributed by atoms with Crippen LogP contribution in [-0.2, 0) is 32.9 Å². The number of likely N-dealkylation sites (tertiary alicyclic amines) is 1. The van der Waals surface area contributed by atoms with Crippen molar-refractivity contribution in [1.82, 2.24) is 4.90 Å². The fraction of sp³-hybridized carbons (Fsp3) is 0.333. The molecule has 1 amide bonds. The minimum atomic E-state index is -0.310. The molecule has 2 heterocycles. The number of halogens is 4. The van der Waals surface area contributed by atoms with E-state index in [1.807, 2.05) is 77.7 Å². The zero-order chi connectivity index (χ0) is 35.1. The van der Waals surface area contributed by atoms with Gasteiger partial charge in [0.25, 0.3) is 0 Å². The molecule has 1 unspecified atom stereocenters. The minimum absolute atomic E-state index is 0.123. The summed E-state index contributed by atoms with van der Waals surface area (Å²) in [7, 11) is 1.53. The van der Waals surface area contributed by atoms with Gasteiger partial charge in [0.2, 0.25) is 0 Å². The number of ether oxygens (including phenoxy) is 2. The molecular formula is C39H39Cl4N3O4. The molecule has 11 heteroatoms. The lowest BCUT2D eigenvalue weighted by Gasteiger charge is -2.40. The second-order valence-corrected chi connectivity index (χ2v) is 14.5. The summed E-state index contributed by atoms with van der Waals surface area (Å²) in [6.07, 6.45) is 2.30. The lowest BCUT2D eigenvalue weighted by Crippen LogP contribution is -2.46. The normalized spacial score (nSPS) is 16.3. The fourth-order valence-electron chi connectivity index (χ4n) is 7.06. The van der Waals surface area contributed by atoms with E-state index in [1.54, 1.807) is 6.07 Å². The second kappa shape index (κ2) is 16.8. The van der Waals surface area contributed by atoms with Crippen molar-refractivity contribution in [3.8, 4) is 0 Å². The lowest BCUT2D eigenvalue weighted by molar-refractivity contribution is 0.138. The van der Waals surface area contributed by atoms with E-state index in [0.29, 0.717) is 33.2 Å². The molecule has 2 aliphatic rings. The first kappa shape index (κ1) is 36.5. The van der Waals surface area contributed by atoms with Gasteiger partial charge in [-0.2, -0.15) is 0 Å². The molecule has 4 aromatic carbocycles. The molecule has 0 radical (unpaired) electrons. The summed E-state index contributed by atoms with van der Waals surface area (Å²) >= 11 is 25.2. The van der Waals surface area contributed by atoms with Crippen LogP contribution in [0.4, 0.5) is 10.5 Å². The Morgan fingerprint density at radius 2 is 1.56 bits per heavy atom. The zero-order valence-electron chi connectivity index (χ0n) is 27.8. The quantitative estimate of drug-likeness (QED) is 0.106. The molecule has 1 atom stereocenters. The van der Waals surface area contributed by atoms with Crippen molar-refractivity contribution in [2.24, 2.45) is 5.16 Å². The van der Waals surface area contributed by atoms with Crippen molar-refractivity contribution in [2.75, 3.05) is 44.8 Å². The summed E-state index contributed by atoms with van der Waals surface area (Å²) < 4.78 is 11.9. The first-order valence-corrected chi connectivity index (χ1v) is 18.1. The molecule has 2 aliphatic heterocycles. The van der Waals surface area contributed by atoms with Crippen molar-refractivity contribution in [1.29, 1.82) is 0 Å². The average Bonchev–Trinajstić information content (AvgIpc) is 3.43. The first-order valence-electron chi connectivity index (χ1n) is 16.6. The molecule has 7 nitrogen and oxygen atoms in total. The number of nitrogens with zero attached hydrogens (tertiary/aromatic N) is 3. The van der Waals surface area contributed by atoms with Gasteiger partial charge in [0, 0.05) is 27.9 Å². The molecule has 0 aliphatic carbocycles. The molecular weight excluding hydrogens is 716 g/mol. The molecule has 1 saturated heterocycles. The molecule has 0 saturated carbocycles. The van der Waals surface area contributed by atoms with Gasteiger partial charge in [0.1, 0.15) is 13.7 Å². The molecule has 1 spiro atoms. The number of rotatable bonds is 12. The SMILES string of the molecule is CON=C(COCc1cc(Cl)cc(Cl)c1)C(CCN1CCC2(CC1)CN(C(=O)OCc1ccccc1)c1ccccc12)c1ccc(Cl)c(Cl)c1. The van der Waals surface area contributed by atoms with Crippen LogP contribution in [0.2, 0.25) is 20.1 Å². The number of anilines is 1. The Kier molecular flexibility index (Phi) is 12.3. The van der Waals surface area contributed by atoms with Gasteiger partial charge in [-0.15, -0.1) is 0 Å². The van der Waals surface area contributed by atoms with Gasteiger partial charge in [-0.1, -0.05) is 106 Å². The molecule has 262 valence electrons. The summed E-state index contributed by atoms with van der Waals surface area (Å²) in [5.41, 5.74) is 5.59. The maximum absolute atomic E-state index is 13.4. The highest BCUT2D eigenvalue weighted by Gasteiger charge is 2.46. The van der Waals surface area contributed by atoms with E-state index in [0.717, 1.165) is 67.0 Å². The van der Waals surface area contributed by atoms with E-state index in [2.05, 4.69) is 22.2 Å². The summed E-state index contributed by atoms with van der Waals surface area (Å²) in [5, 5.41) is 6.49. The van der Waals surface area contributed by atoms with Crippen LogP contribution in [0.1, 0.15) is 47.4 Å². The van der Waals surface area contributed by atoms with Crippen molar-refractivity contribution in [3.05, 3.63) is 133 Å². The molecule has 1 fully saturated rings. The van der Waals surface area contributed by atoms with Crippen LogP contribution in [0.5, 0.6) is 0 Å². The molecule has 0 bridgehead atoms. The van der Waals surface area contributed by atoms with E-state index in [1.165, 1.54) is 12.7 Å². The van der Waals surface area contributed by atoms with Gasteiger partial charge in [0.15, 0.2) is 0 Å². The van der Waals surface area contributed by atoms with Gasteiger partial charge in [-0.25, -0.2) is 4.79 Å². The van der Waals surface area contributed by atoms with Crippen LogP contribution in [0.3, 0.4) is 0 Å². The van der Waals surface area contributed by atoms with E-state index in [-0.39, 0.29) is 30.6 Å². The van der Waals surface area contributed by atoms with Crippen LogP contribution in [0.15, 0.2) is 96.2 Å². The Balaban J connectivity index is 1.12. The van der Waals surface area contributed by atoms with Gasteiger partial charge in [-0.3, -0.25) is 4.90 Å². The highest BCUT2D eigenvalue weighted by molar-refractivity contribution is 6.42. The smallest absolute Gasteiger partial charge is 0.414 e. The van der Waals surface area contributed by atoms with Crippen LogP contribution in [-0.4, -0.2) is 56.6 Å². The molecule has 6 rings (SSSR count). The van der Waals surface area contributed by atoms with Crippen LogP contribution in [0, 0.1) is 0 Å². The zero-order valence-corrected chi connectivity index (χ0v) is 30.8. The van der Waals surface area contributed by atoms with E-state index in [9.17, 15) is 4.79 Å². The molecule has 0 aromatic heterocycles. The maximum atomic E-state index is 13.4. The van der Waals surface area contributed by atoms with Crippen LogP contribution in [0.25, 0.3) is 0 Å². The number of carbonyl (C=O) groups excluding carboxylic acids is 1. The van der Waals surface area contributed by atoms with E-state index >= 15 is 0 Å². The van der Waals surface area contributed by atoms with Crippen molar-refractivity contribution < 1.29 is 19.1 Å². The highest BCUT2D eigenvalue weighted by Crippen LogP contribution is 2.47. The van der Waals surface area contributed by atoms with Crippen LogP contribution < -0.4 is 4.90 Å². The van der Waals surface area contributed by atoms with Gasteiger partial charge < -0.3 is 19.2 Å². The fourth-order valence-corrected chi connectivity index (χ4v) is 7.94. The lowest BCUT2D eigenvalue weighted by atomic mass is 9.74. The Morgan fingerprint density at radius 3 is 2.28 bits per heavy atom. The third-order valence-corrected chi connectivity index (χ3v) is 10.8. The second-order valence-electron chi connectivity index (χ2n) is 12.8. The van der Waals surface area contributed by atoms with Crippen molar-refractivity contribution >= 4 is 63.9 Å². The van der Waals surface area contributed by atoms with Crippen molar-refractivity contribution in [3.63, 3.8) is 0 Å². The van der Waals surface area contributed by atoms with Gasteiger partial charge in [-0.05, 0) is 97.5 Å². The van der Waals surface area contributed by atoms with E-state index < -0.39 is 0 Å². The number of piperidine rings is 1. The largest absolute Gasteiger partial charge is 0.444 e. The number of fused-ring (bicyclic) bond motifs is 2. The maximum Gasteiger partial charge on any atom is 0.414 e. The number of para-hydroxylation sites is 1. The topological polar surface area (TPSA) is 63.6 Å². The minimum Gasteiger partial charge on any atom is -0.444 e. The number of oxime groups is 1. The summed E-state index contributed by atoms with van der Waals surface area (Å²) in [5.74, 6) is -0.134. The van der Waals surface area contributed by atoms with Gasteiger partial charge >= 0.3 is 6.09 Å². The third-order valence-electron chi connectivity index (χ3n) is 9.60. The number of amides is 1. The summed E-state index contributed by atoms with van der Waals surface area (Å²) in [6, 6.07) is 29.0. The van der Waals surface area contributed by atoms with Gasteiger partial charge in [0.05, 0.1) is 34.7 Å². The monoisotopic (exact) mass is 753 g/mol. The number of carbonyl (C=O) groups is 1. The Hall–Kier alpha value is -3.30. The molecule has 50 heavy (non-hydrogen) atoms. The first-order chi connectivity index (χ1) is 24.2. The number of benzene rings is 4. The Bertz CT molecular complexity index is 1790. The predicted molar refractivity (Wildman–Crippen MR) is 202 cm³/mol. The number of hydrogen-bond acceptors (Lipinski definition) is 6. The Morgan fingerprint density at radius 1 is 0.840 bits per heavy atom. The van der Waals surface area contributed by atoms with Crippen LogP contribution >= 0.6 is 46.4 Å². The predicted octanol–water partition coefficient (Wildman–Crippen LogP) is 10.2. The summed E-state index contributed by atoms with van der Waals surface area (Å²) in [4.78, 5) is 23.0.